The van der Waals surface area contributed by atoms with Crippen LogP contribution in [0, 0.1) is 5.82 Å². The van der Waals surface area contributed by atoms with Gasteiger partial charge in [-0.2, -0.15) is 4.98 Å². The van der Waals surface area contributed by atoms with Crippen molar-refractivity contribution in [3.05, 3.63) is 64.2 Å². The summed E-state index contributed by atoms with van der Waals surface area (Å²) in [6.45, 7) is 0. The van der Waals surface area contributed by atoms with Gasteiger partial charge in [-0.25, -0.2) is 4.39 Å². The fourth-order valence-electron chi connectivity index (χ4n) is 1.93. The van der Waals surface area contributed by atoms with E-state index in [1.165, 1.54) is 12.1 Å². The van der Waals surface area contributed by atoms with Crippen molar-refractivity contribution in [1.82, 2.24) is 10.1 Å². The smallest absolute Gasteiger partial charge is 0.231 e. The topological polar surface area (TPSA) is 59.2 Å². The molecule has 0 saturated heterocycles. The first kappa shape index (κ1) is 13.8. The number of phenolic OH excluding ortho intramolecular Hbond substituents is 1. The fraction of sp³-hybridized carbons (Fsp3) is 0.0667. The van der Waals surface area contributed by atoms with Crippen LogP contribution < -0.4 is 0 Å². The van der Waals surface area contributed by atoms with Crippen LogP contribution in [0.3, 0.4) is 0 Å². The highest BCUT2D eigenvalue weighted by Gasteiger charge is 2.14. The zero-order valence-electron chi connectivity index (χ0n) is 10.8. The van der Waals surface area contributed by atoms with Crippen molar-refractivity contribution in [3.63, 3.8) is 0 Å². The first-order valence-corrected chi connectivity index (χ1v) is 6.97. The second-order valence-electron chi connectivity index (χ2n) is 4.44. The summed E-state index contributed by atoms with van der Waals surface area (Å²) < 4.78 is 19.1. The Morgan fingerprint density at radius 1 is 1.19 bits per heavy atom. The zero-order chi connectivity index (χ0) is 14.8. The van der Waals surface area contributed by atoms with Crippen molar-refractivity contribution in [1.29, 1.82) is 0 Å². The van der Waals surface area contributed by atoms with Gasteiger partial charge in [0.2, 0.25) is 11.7 Å². The average Bonchev–Trinajstić information content (AvgIpc) is 2.92. The second-order valence-corrected chi connectivity index (χ2v) is 5.30. The van der Waals surface area contributed by atoms with Gasteiger partial charge in [-0.1, -0.05) is 39.3 Å². The van der Waals surface area contributed by atoms with Crippen molar-refractivity contribution in [2.45, 2.75) is 6.42 Å². The Morgan fingerprint density at radius 3 is 2.81 bits per heavy atom. The molecule has 2 aromatic carbocycles. The van der Waals surface area contributed by atoms with E-state index in [0.29, 0.717) is 33.7 Å². The summed E-state index contributed by atoms with van der Waals surface area (Å²) in [5, 5.41) is 13.6. The molecule has 1 N–H and O–H groups in total. The minimum absolute atomic E-state index is 0.171. The van der Waals surface area contributed by atoms with Gasteiger partial charge in [0.15, 0.2) is 0 Å². The maximum atomic E-state index is 13.3. The number of aromatic nitrogens is 2. The SMILES string of the molecule is Oc1ccccc1Cc1nc(-c2cc(F)ccc2Br)no1. The molecule has 6 heteroatoms. The van der Waals surface area contributed by atoms with E-state index in [1.807, 2.05) is 6.07 Å². The monoisotopic (exact) mass is 348 g/mol. The molecule has 21 heavy (non-hydrogen) atoms. The Bertz CT molecular complexity index is 789. The van der Waals surface area contributed by atoms with E-state index >= 15 is 0 Å². The van der Waals surface area contributed by atoms with Crippen LogP contribution in [0.5, 0.6) is 5.75 Å². The Hall–Kier alpha value is -2.21. The molecular weight excluding hydrogens is 339 g/mol. The van der Waals surface area contributed by atoms with Gasteiger partial charge in [-0.05, 0) is 24.3 Å². The molecule has 4 nitrogen and oxygen atoms in total. The standard InChI is InChI=1S/C15H10BrFN2O2/c16-12-6-5-10(17)8-11(12)15-18-14(21-19-15)7-9-3-1-2-4-13(9)20/h1-6,8,20H,7H2. The van der Waals surface area contributed by atoms with E-state index in [1.54, 1.807) is 24.3 Å². The Kier molecular flexibility index (Phi) is 3.70. The maximum Gasteiger partial charge on any atom is 0.231 e. The molecule has 0 aliphatic rings. The molecule has 0 saturated carbocycles. The lowest BCUT2D eigenvalue weighted by Crippen LogP contribution is -1.90. The molecule has 0 radical (unpaired) electrons. The van der Waals surface area contributed by atoms with E-state index in [0.717, 1.165) is 0 Å². The molecule has 0 aliphatic heterocycles. The summed E-state index contributed by atoms with van der Waals surface area (Å²) in [4.78, 5) is 4.23. The van der Waals surface area contributed by atoms with E-state index < -0.39 is 0 Å². The Labute approximate surface area is 128 Å². The molecule has 0 aliphatic carbocycles. The van der Waals surface area contributed by atoms with Crippen molar-refractivity contribution in [2.75, 3.05) is 0 Å². The molecule has 0 spiro atoms. The number of phenols is 1. The third-order valence-corrected chi connectivity index (χ3v) is 3.66. The highest BCUT2D eigenvalue weighted by Crippen LogP contribution is 2.27. The zero-order valence-corrected chi connectivity index (χ0v) is 12.3. The van der Waals surface area contributed by atoms with Gasteiger partial charge in [0.1, 0.15) is 11.6 Å². The molecule has 1 aromatic heterocycles. The predicted octanol–water partition coefficient (Wildman–Crippen LogP) is 3.93. The minimum Gasteiger partial charge on any atom is -0.508 e. The number of para-hydroxylation sites is 1. The molecule has 0 bridgehead atoms. The predicted molar refractivity (Wildman–Crippen MR) is 78.3 cm³/mol. The number of hydrogen-bond acceptors (Lipinski definition) is 4. The summed E-state index contributed by atoms with van der Waals surface area (Å²) in [5.74, 6) is 0.443. The largest absolute Gasteiger partial charge is 0.508 e. The van der Waals surface area contributed by atoms with Crippen LogP contribution in [0.15, 0.2) is 51.5 Å². The lowest BCUT2D eigenvalue weighted by atomic mass is 10.1. The van der Waals surface area contributed by atoms with Crippen LogP contribution in [0.2, 0.25) is 0 Å². The number of nitrogens with zero attached hydrogens (tertiary/aromatic N) is 2. The van der Waals surface area contributed by atoms with Gasteiger partial charge in [0, 0.05) is 15.6 Å². The highest BCUT2D eigenvalue weighted by molar-refractivity contribution is 9.10. The summed E-state index contributed by atoms with van der Waals surface area (Å²) in [6.07, 6.45) is 0.312. The number of hydrogen-bond donors (Lipinski definition) is 1. The van der Waals surface area contributed by atoms with Crippen molar-refractivity contribution in [2.24, 2.45) is 0 Å². The molecule has 3 rings (SSSR count). The molecule has 0 amide bonds. The first-order valence-electron chi connectivity index (χ1n) is 6.18. The van der Waals surface area contributed by atoms with Crippen LogP contribution in [0.1, 0.15) is 11.5 Å². The van der Waals surface area contributed by atoms with Crippen LogP contribution in [-0.4, -0.2) is 15.2 Å². The number of aromatic hydroxyl groups is 1. The van der Waals surface area contributed by atoms with Crippen LogP contribution >= 0.6 is 15.9 Å². The van der Waals surface area contributed by atoms with Gasteiger partial charge < -0.3 is 9.63 Å². The second kappa shape index (κ2) is 5.65. The third-order valence-electron chi connectivity index (χ3n) is 2.97. The lowest BCUT2D eigenvalue weighted by molar-refractivity contribution is 0.383. The normalized spacial score (nSPS) is 10.8. The molecule has 0 atom stereocenters. The molecular formula is C15H10BrFN2O2. The van der Waals surface area contributed by atoms with Crippen molar-refractivity contribution < 1.29 is 14.0 Å². The van der Waals surface area contributed by atoms with Gasteiger partial charge in [0.25, 0.3) is 0 Å². The Balaban J connectivity index is 1.90. The van der Waals surface area contributed by atoms with E-state index in [2.05, 4.69) is 26.1 Å². The van der Waals surface area contributed by atoms with Crippen LogP contribution in [-0.2, 0) is 6.42 Å². The number of rotatable bonds is 3. The van der Waals surface area contributed by atoms with E-state index in [4.69, 9.17) is 4.52 Å². The molecule has 1 heterocycles. The molecule has 0 unspecified atom stereocenters. The van der Waals surface area contributed by atoms with Crippen molar-refractivity contribution >= 4 is 15.9 Å². The molecule has 3 aromatic rings. The molecule has 106 valence electrons. The van der Waals surface area contributed by atoms with Crippen LogP contribution in [0.25, 0.3) is 11.4 Å². The average molecular weight is 349 g/mol. The van der Waals surface area contributed by atoms with Crippen LogP contribution in [0.4, 0.5) is 4.39 Å². The highest BCUT2D eigenvalue weighted by atomic mass is 79.9. The maximum absolute atomic E-state index is 13.3. The number of benzene rings is 2. The summed E-state index contributed by atoms with van der Waals surface area (Å²) in [7, 11) is 0. The minimum atomic E-state index is -0.375. The third kappa shape index (κ3) is 2.95. The van der Waals surface area contributed by atoms with Crippen molar-refractivity contribution in [3.8, 4) is 17.1 Å². The van der Waals surface area contributed by atoms with Gasteiger partial charge >= 0.3 is 0 Å². The molecule has 0 fully saturated rings. The van der Waals surface area contributed by atoms with Gasteiger partial charge in [-0.3, -0.25) is 0 Å². The summed E-state index contributed by atoms with van der Waals surface area (Å²) in [5.41, 5.74) is 1.20. The first-order chi connectivity index (χ1) is 10.1. The van der Waals surface area contributed by atoms with Gasteiger partial charge in [-0.15, -0.1) is 0 Å². The summed E-state index contributed by atoms with van der Waals surface area (Å²) in [6, 6.07) is 11.2. The lowest BCUT2D eigenvalue weighted by Gasteiger charge is -2.00. The number of halogens is 2. The Morgan fingerprint density at radius 2 is 2.00 bits per heavy atom. The van der Waals surface area contributed by atoms with Gasteiger partial charge in [0.05, 0.1) is 6.42 Å². The van der Waals surface area contributed by atoms with E-state index in [9.17, 15) is 9.50 Å². The fourth-order valence-corrected chi connectivity index (χ4v) is 2.35. The quantitative estimate of drug-likeness (QED) is 0.778. The van der Waals surface area contributed by atoms with E-state index in [-0.39, 0.29) is 11.6 Å². The summed E-state index contributed by atoms with van der Waals surface area (Å²) >= 11 is 3.33.